The number of carbonyl (C=O) groups is 1. The zero-order valence-electron chi connectivity index (χ0n) is 12.4. The predicted molar refractivity (Wildman–Crippen MR) is 79.9 cm³/mol. The highest BCUT2D eigenvalue weighted by atomic mass is 19.4. The van der Waals surface area contributed by atoms with E-state index in [2.05, 4.69) is 0 Å². The first-order valence-corrected chi connectivity index (χ1v) is 6.92. The number of amides is 1. The molecular weight excluding hydrogens is 321 g/mol. The summed E-state index contributed by atoms with van der Waals surface area (Å²) in [5.41, 5.74) is 0.825. The Balaban J connectivity index is 2.11. The third-order valence-electron chi connectivity index (χ3n) is 3.38. The number of rotatable bonds is 4. The van der Waals surface area contributed by atoms with E-state index in [4.69, 9.17) is 5.26 Å². The molecule has 1 amide bonds. The molecule has 0 radical (unpaired) electrons. The van der Waals surface area contributed by atoms with Crippen molar-refractivity contribution in [2.45, 2.75) is 19.3 Å². The quantitative estimate of drug-likeness (QED) is 0.909. The Morgan fingerprint density at radius 3 is 1.83 bits per heavy atom. The molecule has 0 aromatic heterocycles. The van der Waals surface area contributed by atoms with Gasteiger partial charge in [0, 0.05) is 13.1 Å². The molecule has 0 aliphatic carbocycles. The standard InChI is InChI=1S/C17H13F3N2O2/c18-17(19,20)15-7-5-14(6-8-15)11-22(16(23)24)10-13-3-1-12(9-21)2-4-13/h1-8H,10-11H2,(H,23,24). The number of hydrogen-bond acceptors (Lipinski definition) is 2. The summed E-state index contributed by atoms with van der Waals surface area (Å²) >= 11 is 0. The molecule has 7 heteroatoms. The van der Waals surface area contributed by atoms with E-state index < -0.39 is 17.8 Å². The monoisotopic (exact) mass is 334 g/mol. The average molecular weight is 334 g/mol. The fourth-order valence-electron chi connectivity index (χ4n) is 2.12. The zero-order chi connectivity index (χ0) is 17.7. The Morgan fingerprint density at radius 2 is 1.46 bits per heavy atom. The number of benzene rings is 2. The largest absolute Gasteiger partial charge is 0.465 e. The summed E-state index contributed by atoms with van der Waals surface area (Å²) in [6.07, 6.45) is -5.60. The van der Waals surface area contributed by atoms with Gasteiger partial charge in [-0.25, -0.2) is 4.79 Å². The molecule has 2 aromatic carbocycles. The van der Waals surface area contributed by atoms with Gasteiger partial charge in [-0.2, -0.15) is 18.4 Å². The number of hydrogen-bond donors (Lipinski definition) is 1. The van der Waals surface area contributed by atoms with Crippen molar-refractivity contribution in [3.63, 3.8) is 0 Å². The third-order valence-corrected chi connectivity index (χ3v) is 3.38. The number of alkyl halides is 3. The molecule has 0 aliphatic rings. The van der Waals surface area contributed by atoms with E-state index >= 15 is 0 Å². The Kier molecular flexibility index (Phi) is 5.09. The molecule has 124 valence electrons. The average Bonchev–Trinajstić information content (AvgIpc) is 2.54. The molecule has 24 heavy (non-hydrogen) atoms. The van der Waals surface area contributed by atoms with Crippen LogP contribution in [0.4, 0.5) is 18.0 Å². The lowest BCUT2D eigenvalue weighted by Gasteiger charge is -2.20. The molecule has 0 saturated heterocycles. The van der Waals surface area contributed by atoms with Gasteiger partial charge in [-0.1, -0.05) is 24.3 Å². The Labute approximate surface area is 136 Å². The second-order valence-corrected chi connectivity index (χ2v) is 5.14. The van der Waals surface area contributed by atoms with Crippen molar-refractivity contribution in [1.29, 1.82) is 5.26 Å². The first-order chi connectivity index (χ1) is 11.3. The van der Waals surface area contributed by atoms with Crippen LogP contribution in [0, 0.1) is 11.3 Å². The lowest BCUT2D eigenvalue weighted by atomic mass is 10.1. The molecule has 0 saturated carbocycles. The van der Waals surface area contributed by atoms with E-state index in [1.165, 1.54) is 12.1 Å². The first-order valence-electron chi connectivity index (χ1n) is 6.92. The van der Waals surface area contributed by atoms with Gasteiger partial charge < -0.3 is 5.11 Å². The number of nitrogens with zero attached hydrogens (tertiary/aromatic N) is 2. The SMILES string of the molecule is N#Cc1ccc(CN(Cc2ccc(C(F)(F)F)cc2)C(=O)O)cc1. The predicted octanol–water partition coefficient (Wildman–Crippen LogP) is 4.26. The van der Waals surface area contributed by atoms with Gasteiger partial charge in [0.2, 0.25) is 0 Å². The molecule has 4 nitrogen and oxygen atoms in total. The minimum absolute atomic E-state index is 0.0343. The highest BCUT2D eigenvalue weighted by Gasteiger charge is 2.30. The van der Waals surface area contributed by atoms with Crippen molar-refractivity contribution in [2.24, 2.45) is 0 Å². The maximum Gasteiger partial charge on any atom is 0.416 e. The van der Waals surface area contributed by atoms with Crippen LogP contribution in [0.25, 0.3) is 0 Å². The maximum absolute atomic E-state index is 12.5. The highest BCUT2D eigenvalue weighted by Crippen LogP contribution is 2.29. The second-order valence-electron chi connectivity index (χ2n) is 5.14. The maximum atomic E-state index is 12.5. The lowest BCUT2D eigenvalue weighted by molar-refractivity contribution is -0.137. The van der Waals surface area contributed by atoms with E-state index in [0.717, 1.165) is 17.0 Å². The van der Waals surface area contributed by atoms with E-state index in [0.29, 0.717) is 16.7 Å². The van der Waals surface area contributed by atoms with Crippen LogP contribution >= 0.6 is 0 Å². The van der Waals surface area contributed by atoms with E-state index in [-0.39, 0.29) is 13.1 Å². The highest BCUT2D eigenvalue weighted by molar-refractivity contribution is 5.65. The van der Waals surface area contributed by atoms with Crippen molar-refractivity contribution in [3.8, 4) is 6.07 Å². The summed E-state index contributed by atoms with van der Waals surface area (Å²) in [6, 6.07) is 12.8. The second kappa shape index (κ2) is 7.04. The van der Waals surface area contributed by atoms with Crippen molar-refractivity contribution in [2.75, 3.05) is 0 Å². The molecule has 0 atom stereocenters. The van der Waals surface area contributed by atoms with E-state index in [1.54, 1.807) is 24.3 Å². The summed E-state index contributed by atoms with van der Waals surface area (Å²) in [5, 5.41) is 18.0. The summed E-state index contributed by atoms with van der Waals surface area (Å²) in [4.78, 5) is 12.4. The molecule has 0 unspecified atom stereocenters. The van der Waals surface area contributed by atoms with Crippen molar-refractivity contribution in [3.05, 3.63) is 70.8 Å². The zero-order valence-corrected chi connectivity index (χ0v) is 12.4. The summed E-state index contributed by atoms with van der Waals surface area (Å²) in [5.74, 6) is 0. The van der Waals surface area contributed by atoms with Crippen LogP contribution in [-0.4, -0.2) is 16.1 Å². The minimum atomic E-state index is -4.42. The fraction of sp³-hybridized carbons (Fsp3) is 0.176. The van der Waals surface area contributed by atoms with Gasteiger partial charge in [-0.15, -0.1) is 0 Å². The summed E-state index contributed by atoms with van der Waals surface area (Å²) in [6.45, 7) is 0.0372. The molecule has 0 bridgehead atoms. The normalized spacial score (nSPS) is 10.9. The van der Waals surface area contributed by atoms with Gasteiger partial charge in [0.05, 0.1) is 17.2 Å². The number of carboxylic acid groups (broad SMARTS) is 1. The van der Waals surface area contributed by atoms with E-state index in [9.17, 15) is 23.1 Å². The molecule has 0 spiro atoms. The van der Waals surface area contributed by atoms with Crippen molar-refractivity contribution >= 4 is 6.09 Å². The molecule has 2 rings (SSSR count). The van der Waals surface area contributed by atoms with Gasteiger partial charge in [0.1, 0.15) is 0 Å². The number of halogens is 3. The van der Waals surface area contributed by atoms with E-state index in [1.807, 2.05) is 6.07 Å². The van der Waals surface area contributed by atoms with Crippen LogP contribution in [0.2, 0.25) is 0 Å². The molecular formula is C17H13F3N2O2. The van der Waals surface area contributed by atoms with Gasteiger partial charge >= 0.3 is 12.3 Å². The first kappa shape index (κ1) is 17.3. The van der Waals surface area contributed by atoms with Gasteiger partial charge in [0.25, 0.3) is 0 Å². The smallest absolute Gasteiger partial charge is 0.416 e. The Hall–Kier alpha value is -3.01. The van der Waals surface area contributed by atoms with Crippen LogP contribution in [0.3, 0.4) is 0 Å². The topological polar surface area (TPSA) is 64.3 Å². The Bertz CT molecular complexity index is 747. The molecule has 0 heterocycles. The van der Waals surface area contributed by atoms with Gasteiger partial charge in [-0.05, 0) is 35.4 Å². The number of nitriles is 1. The third kappa shape index (κ3) is 4.49. The summed E-state index contributed by atoms with van der Waals surface area (Å²) < 4.78 is 37.6. The van der Waals surface area contributed by atoms with Crippen LogP contribution in [0.1, 0.15) is 22.3 Å². The van der Waals surface area contributed by atoms with Crippen molar-refractivity contribution < 1.29 is 23.1 Å². The van der Waals surface area contributed by atoms with Crippen LogP contribution in [-0.2, 0) is 19.3 Å². The lowest BCUT2D eigenvalue weighted by Crippen LogP contribution is -2.28. The molecule has 1 N–H and O–H groups in total. The molecule has 0 aliphatic heterocycles. The summed E-state index contributed by atoms with van der Waals surface area (Å²) in [7, 11) is 0. The molecule has 0 fully saturated rings. The van der Waals surface area contributed by atoms with Crippen molar-refractivity contribution in [1.82, 2.24) is 4.90 Å². The fourth-order valence-corrected chi connectivity index (χ4v) is 2.12. The van der Waals surface area contributed by atoms with Crippen LogP contribution < -0.4 is 0 Å². The van der Waals surface area contributed by atoms with Crippen LogP contribution in [0.5, 0.6) is 0 Å². The molecule has 2 aromatic rings. The van der Waals surface area contributed by atoms with Gasteiger partial charge in [0.15, 0.2) is 0 Å². The van der Waals surface area contributed by atoms with Crippen LogP contribution in [0.15, 0.2) is 48.5 Å². The van der Waals surface area contributed by atoms with Gasteiger partial charge in [-0.3, -0.25) is 4.90 Å². The Morgan fingerprint density at radius 1 is 1.00 bits per heavy atom. The minimum Gasteiger partial charge on any atom is -0.465 e.